The van der Waals surface area contributed by atoms with Gasteiger partial charge in [0, 0.05) is 11.5 Å². The Morgan fingerprint density at radius 1 is 1.44 bits per heavy atom. The molecule has 3 nitrogen and oxygen atoms in total. The lowest BCUT2D eigenvalue weighted by molar-refractivity contribution is 0.0939. The van der Waals surface area contributed by atoms with Gasteiger partial charge >= 0.3 is 0 Å². The smallest absolute Gasteiger partial charge is 0.165 e. The summed E-state index contributed by atoms with van der Waals surface area (Å²) in [5.74, 6) is 0.748. The zero-order valence-electron chi connectivity index (χ0n) is 10.1. The van der Waals surface area contributed by atoms with Gasteiger partial charge in [-0.25, -0.2) is 0 Å². The first-order valence-corrected chi connectivity index (χ1v) is 5.62. The van der Waals surface area contributed by atoms with E-state index in [0.717, 1.165) is 6.42 Å². The van der Waals surface area contributed by atoms with Gasteiger partial charge in [0.2, 0.25) is 0 Å². The fourth-order valence-electron chi connectivity index (χ4n) is 1.38. The first-order chi connectivity index (χ1) is 7.56. The van der Waals surface area contributed by atoms with Crippen molar-refractivity contribution >= 4 is 11.5 Å². The molecule has 0 radical (unpaired) electrons. The van der Waals surface area contributed by atoms with Crippen LogP contribution >= 0.6 is 0 Å². The Morgan fingerprint density at radius 2 is 2.12 bits per heavy atom. The van der Waals surface area contributed by atoms with Crippen molar-refractivity contribution in [2.75, 3.05) is 12.3 Å². The first kappa shape index (κ1) is 12.6. The van der Waals surface area contributed by atoms with E-state index < -0.39 is 0 Å². The second kappa shape index (κ2) is 5.54. The maximum Gasteiger partial charge on any atom is 0.165 e. The molecule has 0 aromatic heterocycles. The average Bonchev–Trinajstić information content (AvgIpc) is 2.26. The number of ketones is 1. The molecule has 0 atom stereocenters. The topological polar surface area (TPSA) is 52.3 Å². The second-order valence-electron chi connectivity index (χ2n) is 4.12. The lowest BCUT2D eigenvalue weighted by atomic mass is 10.0. The van der Waals surface area contributed by atoms with Crippen LogP contribution in [0.3, 0.4) is 0 Å². The van der Waals surface area contributed by atoms with Crippen LogP contribution in [0, 0.1) is 5.92 Å². The summed E-state index contributed by atoms with van der Waals surface area (Å²) in [4.78, 5) is 11.7. The number of carbonyl (C=O) groups excluding carboxylic acids is 1. The minimum Gasteiger partial charge on any atom is -0.491 e. The summed E-state index contributed by atoms with van der Waals surface area (Å²) >= 11 is 0. The Hall–Kier alpha value is -1.51. The van der Waals surface area contributed by atoms with Crippen molar-refractivity contribution < 1.29 is 9.53 Å². The number of nitrogens with two attached hydrogens (primary N) is 1. The molecule has 3 heteroatoms. The van der Waals surface area contributed by atoms with Gasteiger partial charge in [-0.2, -0.15) is 0 Å². The van der Waals surface area contributed by atoms with Crippen LogP contribution < -0.4 is 10.5 Å². The van der Waals surface area contributed by atoms with Gasteiger partial charge in [-0.15, -0.1) is 0 Å². The van der Waals surface area contributed by atoms with E-state index >= 15 is 0 Å². The Bertz CT molecular complexity index is 372. The zero-order valence-corrected chi connectivity index (χ0v) is 10.1. The Balaban J connectivity index is 2.86. The third kappa shape index (κ3) is 2.99. The molecule has 0 saturated heterocycles. The van der Waals surface area contributed by atoms with Gasteiger partial charge in [0.1, 0.15) is 5.75 Å². The highest BCUT2D eigenvalue weighted by Gasteiger charge is 2.12. The van der Waals surface area contributed by atoms with Crippen molar-refractivity contribution in [1.29, 1.82) is 0 Å². The molecule has 0 heterocycles. The average molecular weight is 221 g/mol. The van der Waals surface area contributed by atoms with Crippen LogP contribution in [0.15, 0.2) is 18.2 Å². The summed E-state index contributed by atoms with van der Waals surface area (Å²) in [6.07, 6.45) is 0.937. The van der Waals surface area contributed by atoms with E-state index in [4.69, 9.17) is 10.5 Å². The fraction of sp³-hybridized carbons (Fsp3) is 0.462. The Morgan fingerprint density at radius 3 is 2.62 bits per heavy atom. The van der Waals surface area contributed by atoms with Crippen LogP contribution in [0.5, 0.6) is 5.75 Å². The monoisotopic (exact) mass is 221 g/mol. The molecular formula is C13H19NO2. The van der Waals surface area contributed by atoms with Crippen LogP contribution in [-0.4, -0.2) is 12.4 Å². The number of benzene rings is 1. The molecule has 0 spiro atoms. The molecule has 88 valence electrons. The summed E-state index contributed by atoms with van der Waals surface area (Å²) in [6.45, 7) is 6.43. The van der Waals surface area contributed by atoms with Gasteiger partial charge in [0.15, 0.2) is 5.78 Å². The van der Waals surface area contributed by atoms with Gasteiger partial charge in [-0.1, -0.05) is 20.8 Å². The number of ether oxygens (including phenoxy) is 1. The summed E-state index contributed by atoms with van der Waals surface area (Å²) in [6, 6.07) is 5.22. The highest BCUT2D eigenvalue weighted by atomic mass is 16.5. The third-order valence-corrected chi connectivity index (χ3v) is 2.28. The summed E-state index contributed by atoms with van der Waals surface area (Å²) in [5.41, 5.74) is 7.00. The molecule has 0 aliphatic carbocycles. The molecule has 1 aromatic rings. The maximum absolute atomic E-state index is 11.7. The first-order valence-electron chi connectivity index (χ1n) is 5.62. The molecule has 0 bridgehead atoms. The predicted octanol–water partition coefficient (Wildman–Crippen LogP) is 2.90. The zero-order chi connectivity index (χ0) is 12.1. The molecular weight excluding hydrogens is 202 g/mol. The molecule has 0 amide bonds. The lowest BCUT2D eigenvalue weighted by Crippen LogP contribution is -2.08. The third-order valence-electron chi connectivity index (χ3n) is 2.28. The molecule has 1 rings (SSSR count). The van der Waals surface area contributed by atoms with E-state index in [1.54, 1.807) is 18.2 Å². The SMILES string of the molecule is CCCOc1ccc(C(=O)C(C)C)cc1N. The molecule has 0 fully saturated rings. The summed E-state index contributed by atoms with van der Waals surface area (Å²) in [5, 5.41) is 0. The quantitative estimate of drug-likeness (QED) is 0.614. The largest absolute Gasteiger partial charge is 0.491 e. The predicted molar refractivity (Wildman–Crippen MR) is 65.8 cm³/mol. The van der Waals surface area contributed by atoms with E-state index in [2.05, 4.69) is 0 Å². The van der Waals surface area contributed by atoms with Crippen LogP contribution in [0.2, 0.25) is 0 Å². The van der Waals surface area contributed by atoms with Gasteiger partial charge in [-0.05, 0) is 24.6 Å². The number of carbonyl (C=O) groups is 1. The van der Waals surface area contributed by atoms with E-state index in [9.17, 15) is 4.79 Å². The standard InChI is InChI=1S/C13H19NO2/c1-4-7-16-12-6-5-10(8-11(12)14)13(15)9(2)3/h5-6,8-9H,4,7,14H2,1-3H3. The highest BCUT2D eigenvalue weighted by Crippen LogP contribution is 2.23. The van der Waals surface area contributed by atoms with Crippen molar-refractivity contribution in [1.82, 2.24) is 0 Å². The second-order valence-corrected chi connectivity index (χ2v) is 4.12. The van der Waals surface area contributed by atoms with Crippen molar-refractivity contribution in [2.24, 2.45) is 5.92 Å². The van der Waals surface area contributed by atoms with Crippen molar-refractivity contribution in [3.05, 3.63) is 23.8 Å². The maximum atomic E-state index is 11.7. The van der Waals surface area contributed by atoms with E-state index in [1.807, 2.05) is 20.8 Å². The fourth-order valence-corrected chi connectivity index (χ4v) is 1.38. The van der Waals surface area contributed by atoms with Gasteiger partial charge in [0.05, 0.1) is 12.3 Å². The number of nitrogen functional groups attached to an aromatic ring is 1. The molecule has 1 aromatic carbocycles. The number of hydrogen-bond acceptors (Lipinski definition) is 3. The van der Waals surface area contributed by atoms with Crippen LogP contribution in [0.1, 0.15) is 37.6 Å². The molecule has 0 aliphatic heterocycles. The minimum absolute atomic E-state index is 0.0122. The minimum atomic E-state index is -0.0122. The van der Waals surface area contributed by atoms with Crippen LogP contribution in [0.4, 0.5) is 5.69 Å². The van der Waals surface area contributed by atoms with E-state index in [1.165, 1.54) is 0 Å². The number of anilines is 1. The molecule has 2 N–H and O–H groups in total. The van der Waals surface area contributed by atoms with Gasteiger partial charge in [-0.3, -0.25) is 4.79 Å². The summed E-state index contributed by atoms with van der Waals surface area (Å²) < 4.78 is 5.44. The number of rotatable bonds is 5. The van der Waals surface area contributed by atoms with Crippen molar-refractivity contribution in [3.63, 3.8) is 0 Å². The molecule has 0 unspecified atom stereocenters. The summed E-state index contributed by atoms with van der Waals surface area (Å²) in [7, 11) is 0. The number of Topliss-reactive ketones (excluding diaryl/α,β-unsaturated/α-hetero) is 1. The molecule has 0 saturated carbocycles. The van der Waals surface area contributed by atoms with Gasteiger partial charge < -0.3 is 10.5 Å². The van der Waals surface area contributed by atoms with Crippen LogP contribution in [-0.2, 0) is 0 Å². The molecule has 0 aliphatic rings. The highest BCUT2D eigenvalue weighted by molar-refractivity contribution is 5.98. The van der Waals surface area contributed by atoms with Crippen molar-refractivity contribution in [3.8, 4) is 5.75 Å². The Kier molecular flexibility index (Phi) is 4.35. The number of hydrogen-bond donors (Lipinski definition) is 1. The van der Waals surface area contributed by atoms with E-state index in [-0.39, 0.29) is 11.7 Å². The van der Waals surface area contributed by atoms with E-state index in [0.29, 0.717) is 23.6 Å². The van der Waals surface area contributed by atoms with Crippen LogP contribution in [0.25, 0.3) is 0 Å². The molecule has 16 heavy (non-hydrogen) atoms. The van der Waals surface area contributed by atoms with Crippen molar-refractivity contribution in [2.45, 2.75) is 27.2 Å². The Labute approximate surface area is 96.6 Å². The lowest BCUT2D eigenvalue weighted by Gasteiger charge is -2.10. The van der Waals surface area contributed by atoms with Gasteiger partial charge in [0.25, 0.3) is 0 Å². The normalized spacial score (nSPS) is 10.5.